The molecule has 1 saturated heterocycles. The van der Waals surface area contributed by atoms with E-state index in [1.54, 1.807) is 0 Å². The summed E-state index contributed by atoms with van der Waals surface area (Å²) in [6.45, 7) is 6.40. The van der Waals surface area contributed by atoms with Gasteiger partial charge >= 0.3 is 0 Å². The molecule has 0 unspecified atom stereocenters. The summed E-state index contributed by atoms with van der Waals surface area (Å²) in [5.41, 5.74) is 9.93. The minimum atomic E-state index is -0.260. The van der Waals surface area contributed by atoms with E-state index in [-0.39, 0.29) is 11.8 Å². The third-order valence-electron chi connectivity index (χ3n) is 5.10. The molecule has 0 aromatic carbocycles. The van der Waals surface area contributed by atoms with Gasteiger partial charge in [0.2, 0.25) is 5.91 Å². The number of likely N-dealkylation sites (tertiary alicyclic amines) is 1. The fourth-order valence-corrected chi connectivity index (χ4v) is 3.89. The predicted molar refractivity (Wildman–Crippen MR) is 100 cm³/mol. The van der Waals surface area contributed by atoms with Crippen LogP contribution in [-0.4, -0.2) is 50.2 Å². The van der Waals surface area contributed by atoms with Crippen molar-refractivity contribution in [1.29, 1.82) is 0 Å². The molecular weight excluding hydrogens is 344 g/mol. The molecule has 1 fully saturated rings. The Kier molecular flexibility index (Phi) is 4.65. The molecule has 27 heavy (non-hydrogen) atoms. The molecule has 8 heteroatoms. The molecule has 0 aliphatic carbocycles. The van der Waals surface area contributed by atoms with Crippen molar-refractivity contribution in [1.82, 2.24) is 24.7 Å². The summed E-state index contributed by atoms with van der Waals surface area (Å²) in [4.78, 5) is 18.0. The van der Waals surface area contributed by atoms with Crippen LogP contribution in [0, 0.1) is 13.8 Å². The van der Waals surface area contributed by atoms with Gasteiger partial charge in [0.05, 0.1) is 22.6 Å². The van der Waals surface area contributed by atoms with E-state index in [0.717, 1.165) is 54.2 Å². The van der Waals surface area contributed by atoms with Crippen LogP contribution in [0.1, 0.15) is 42.3 Å². The molecule has 1 aliphatic heterocycles. The fraction of sp³-hybridized carbons (Fsp3) is 0.474. The van der Waals surface area contributed by atoms with Crippen molar-refractivity contribution < 1.29 is 9.32 Å². The highest BCUT2D eigenvalue weighted by molar-refractivity contribution is 5.73. The Bertz CT molecular complexity index is 976. The van der Waals surface area contributed by atoms with Crippen LogP contribution in [0.3, 0.4) is 0 Å². The number of rotatable bonds is 5. The third-order valence-corrected chi connectivity index (χ3v) is 5.10. The van der Waals surface area contributed by atoms with Crippen LogP contribution >= 0.6 is 0 Å². The Morgan fingerprint density at radius 3 is 2.93 bits per heavy atom. The summed E-state index contributed by atoms with van der Waals surface area (Å²) in [5, 5.41) is 8.71. The minimum absolute atomic E-state index is 0.260. The standard InChI is InChI=1S/C19H24N6O2/c1-12-9-18-21-10-15(16-8-13(2)23-27-16)19(25(18)22-12)14-4-3-6-24(11-14)7-5-17(20)26/h8-10,14H,3-7,11H2,1-2H3,(H2,20,26)/t14-/m1/s1. The molecule has 0 bridgehead atoms. The van der Waals surface area contributed by atoms with Gasteiger partial charge < -0.3 is 15.2 Å². The predicted octanol–water partition coefficient (Wildman–Crippen LogP) is 2.06. The van der Waals surface area contributed by atoms with Crippen molar-refractivity contribution in [2.75, 3.05) is 19.6 Å². The van der Waals surface area contributed by atoms with Crippen LogP contribution in [0.25, 0.3) is 17.0 Å². The molecule has 1 amide bonds. The normalized spacial score (nSPS) is 18.2. The lowest BCUT2D eigenvalue weighted by Crippen LogP contribution is -2.37. The highest BCUT2D eigenvalue weighted by Gasteiger charge is 2.28. The van der Waals surface area contributed by atoms with E-state index >= 15 is 0 Å². The topological polar surface area (TPSA) is 103 Å². The Morgan fingerprint density at radius 2 is 2.19 bits per heavy atom. The highest BCUT2D eigenvalue weighted by Crippen LogP contribution is 2.34. The van der Waals surface area contributed by atoms with E-state index in [4.69, 9.17) is 10.3 Å². The number of nitrogens with two attached hydrogens (primary N) is 1. The summed E-state index contributed by atoms with van der Waals surface area (Å²) >= 11 is 0. The molecule has 4 heterocycles. The molecule has 0 radical (unpaired) electrons. The number of nitrogens with zero attached hydrogens (tertiary/aromatic N) is 5. The second kappa shape index (κ2) is 7.11. The van der Waals surface area contributed by atoms with Crippen molar-refractivity contribution in [2.45, 2.75) is 39.0 Å². The maximum atomic E-state index is 11.2. The van der Waals surface area contributed by atoms with Crippen molar-refractivity contribution in [3.63, 3.8) is 0 Å². The summed E-state index contributed by atoms with van der Waals surface area (Å²) in [7, 11) is 0. The van der Waals surface area contributed by atoms with Gasteiger partial charge in [-0.25, -0.2) is 9.50 Å². The number of hydrogen-bond donors (Lipinski definition) is 1. The molecule has 1 aliphatic rings. The van der Waals surface area contributed by atoms with Gasteiger partial charge in [-0.05, 0) is 33.2 Å². The number of hydrogen-bond acceptors (Lipinski definition) is 6. The third kappa shape index (κ3) is 3.57. The second-order valence-electron chi connectivity index (χ2n) is 7.30. The van der Waals surface area contributed by atoms with E-state index < -0.39 is 0 Å². The van der Waals surface area contributed by atoms with Crippen molar-refractivity contribution in [2.24, 2.45) is 5.73 Å². The molecule has 2 N–H and O–H groups in total. The second-order valence-corrected chi connectivity index (χ2v) is 7.30. The first-order valence-electron chi connectivity index (χ1n) is 9.31. The van der Waals surface area contributed by atoms with Crippen molar-refractivity contribution in [3.05, 3.63) is 35.4 Å². The van der Waals surface area contributed by atoms with Crippen LogP contribution < -0.4 is 5.73 Å². The first kappa shape index (κ1) is 17.7. The zero-order valence-electron chi connectivity index (χ0n) is 15.7. The number of fused-ring (bicyclic) bond motifs is 1. The molecule has 4 rings (SSSR count). The zero-order valence-corrected chi connectivity index (χ0v) is 15.7. The number of aryl methyl sites for hydroxylation is 2. The number of piperidine rings is 1. The maximum absolute atomic E-state index is 11.2. The average Bonchev–Trinajstić information content (AvgIpc) is 3.23. The van der Waals surface area contributed by atoms with Crippen LogP contribution in [0.4, 0.5) is 0 Å². The SMILES string of the molecule is Cc1cc(-c2cnc3cc(C)nn3c2[C@@H]2CCCN(CCC(N)=O)C2)on1. The van der Waals surface area contributed by atoms with Gasteiger partial charge in [-0.2, -0.15) is 5.10 Å². The molecule has 8 nitrogen and oxygen atoms in total. The molecule has 1 atom stereocenters. The minimum Gasteiger partial charge on any atom is -0.370 e. The lowest BCUT2D eigenvalue weighted by Gasteiger charge is -2.33. The van der Waals surface area contributed by atoms with E-state index in [1.807, 2.05) is 36.7 Å². The summed E-state index contributed by atoms with van der Waals surface area (Å²) in [6, 6.07) is 3.91. The van der Waals surface area contributed by atoms with Crippen molar-refractivity contribution >= 4 is 11.6 Å². The van der Waals surface area contributed by atoms with Gasteiger partial charge in [0, 0.05) is 43.8 Å². The Labute approximate surface area is 157 Å². The van der Waals surface area contributed by atoms with E-state index in [0.29, 0.717) is 18.7 Å². The molecule has 142 valence electrons. The van der Waals surface area contributed by atoms with Gasteiger partial charge in [-0.15, -0.1) is 0 Å². The lowest BCUT2D eigenvalue weighted by atomic mass is 9.91. The van der Waals surface area contributed by atoms with Gasteiger partial charge in [0.25, 0.3) is 0 Å². The first-order chi connectivity index (χ1) is 13.0. The van der Waals surface area contributed by atoms with E-state index in [2.05, 4.69) is 20.1 Å². The van der Waals surface area contributed by atoms with Crippen LogP contribution in [-0.2, 0) is 4.79 Å². The van der Waals surface area contributed by atoms with Crippen LogP contribution in [0.2, 0.25) is 0 Å². The largest absolute Gasteiger partial charge is 0.370 e. The molecule has 0 spiro atoms. The number of amides is 1. The molecule has 0 saturated carbocycles. The maximum Gasteiger partial charge on any atom is 0.218 e. The van der Waals surface area contributed by atoms with Crippen molar-refractivity contribution in [3.8, 4) is 11.3 Å². The first-order valence-corrected chi connectivity index (χ1v) is 9.31. The summed E-state index contributed by atoms with van der Waals surface area (Å²) < 4.78 is 7.47. The number of carbonyl (C=O) groups is 1. The Morgan fingerprint density at radius 1 is 1.33 bits per heavy atom. The van der Waals surface area contributed by atoms with E-state index in [1.165, 1.54) is 0 Å². The van der Waals surface area contributed by atoms with Crippen LogP contribution in [0.15, 0.2) is 22.9 Å². The highest BCUT2D eigenvalue weighted by atomic mass is 16.5. The molecular formula is C19H24N6O2. The van der Waals surface area contributed by atoms with Gasteiger partial charge in [-0.3, -0.25) is 4.79 Å². The number of primary amides is 1. The zero-order chi connectivity index (χ0) is 19.0. The average molecular weight is 368 g/mol. The van der Waals surface area contributed by atoms with Gasteiger partial charge in [-0.1, -0.05) is 5.16 Å². The monoisotopic (exact) mass is 368 g/mol. The molecule has 3 aromatic heterocycles. The summed E-state index contributed by atoms with van der Waals surface area (Å²) in [5.74, 6) is 0.708. The number of aromatic nitrogens is 4. The number of carbonyl (C=O) groups excluding carboxylic acids is 1. The van der Waals surface area contributed by atoms with Gasteiger partial charge in [0.1, 0.15) is 0 Å². The van der Waals surface area contributed by atoms with Gasteiger partial charge in [0.15, 0.2) is 11.4 Å². The fourth-order valence-electron chi connectivity index (χ4n) is 3.89. The van der Waals surface area contributed by atoms with Crippen LogP contribution in [0.5, 0.6) is 0 Å². The molecule has 3 aromatic rings. The summed E-state index contributed by atoms with van der Waals surface area (Å²) in [6.07, 6.45) is 4.34. The lowest BCUT2D eigenvalue weighted by molar-refractivity contribution is -0.118. The Hall–Kier alpha value is -2.74. The Balaban J connectivity index is 1.75. The smallest absolute Gasteiger partial charge is 0.218 e. The quantitative estimate of drug-likeness (QED) is 0.739. The van der Waals surface area contributed by atoms with E-state index in [9.17, 15) is 4.79 Å².